The van der Waals surface area contributed by atoms with Crippen molar-refractivity contribution in [2.24, 2.45) is 0 Å². The monoisotopic (exact) mass is 395 g/mol. The van der Waals surface area contributed by atoms with Gasteiger partial charge in [-0.3, -0.25) is 4.90 Å². The highest BCUT2D eigenvalue weighted by atomic mass is 79.9. The van der Waals surface area contributed by atoms with Crippen LogP contribution >= 0.6 is 27.3 Å². The van der Waals surface area contributed by atoms with Gasteiger partial charge in [-0.2, -0.15) is 0 Å². The topological polar surface area (TPSA) is 12.5 Å². The third kappa shape index (κ3) is 4.28. The number of hydrogen-bond donors (Lipinski definition) is 0. The van der Waals surface area contributed by atoms with E-state index in [1.807, 2.05) is 0 Å². The fourth-order valence-electron chi connectivity index (χ4n) is 3.34. The number of unbranched alkanes of at least 4 members (excludes halogenated alkanes) is 2. The maximum absolute atomic E-state index is 6.54. The van der Waals surface area contributed by atoms with Crippen molar-refractivity contribution in [3.63, 3.8) is 0 Å². The zero-order chi connectivity index (χ0) is 16.1. The number of benzene rings is 1. The molecule has 1 aliphatic heterocycles. The standard InChI is InChI=1S/C19H26BrNOS/c1-2-3-5-8-18(21-12-6-4-7-13-21)22-17-10-9-16(20)19-15(17)11-14-23-19/h9-11,14,18H,2-8,12-13H2,1H3. The molecule has 1 aromatic heterocycles. The molecule has 126 valence electrons. The van der Waals surface area contributed by atoms with E-state index in [1.165, 1.54) is 61.7 Å². The third-order valence-corrected chi connectivity index (χ3v) is 6.52. The Hall–Kier alpha value is -0.580. The van der Waals surface area contributed by atoms with Crippen molar-refractivity contribution in [2.75, 3.05) is 13.1 Å². The van der Waals surface area contributed by atoms with Crippen molar-refractivity contribution in [3.8, 4) is 5.75 Å². The van der Waals surface area contributed by atoms with E-state index in [0.29, 0.717) is 0 Å². The molecule has 0 bridgehead atoms. The van der Waals surface area contributed by atoms with E-state index in [-0.39, 0.29) is 6.23 Å². The van der Waals surface area contributed by atoms with Crippen LogP contribution in [0.2, 0.25) is 0 Å². The van der Waals surface area contributed by atoms with Crippen molar-refractivity contribution in [1.82, 2.24) is 4.90 Å². The van der Waals surface area contributed by atoms with Crippen LogP contribution in [0.4, 0.5) is 0 Å². The molecule has 0 N–H and O–H groups in total. The second-order valence-electron chi connectivity index (χ2n) is 6.37. The Kier molecular flexibility index (Phi) is 6.37. The molecular weight excluding hydrogens is 370 g/mol. The predicted octanol–water partition coefficient (Wildman–Crippen LogP) is 6.43. The first-order chi connectivity index (χ1) is 11.3. The summed E-state index contributed by atoms with van der Waals surface area (Å²) in [6.07, 6.45) is 9.15. The van der Waals surface area contributed by atoms with Crippen molar-refractivity contribution in [3.05, 3.63) is 28.1 Å². The van der Waals surface area contributed by atoms with Gasteiger partial charge in [-0.15, -0.1) is 11.3 Å². The van der Waals surface area contributed by atoms with Gasteiger partial charge in [0.2, 0.25) is 0 Å². The van der Waals surface area contributed by atoms with Gasteiger partial charge in [0.1, 0.15) is 5.75 Å². The Bertz CT molecular complexity index is 621. The largest absolute Gasteiger partial charge is 0.474 e. The van der Waals surface area contributed by atoms with E-state index >= 15 is 0 Å². The van der Waals surface area contributed by atoms with E-state index in [2.05, 4.69) is 51.3 Å². The molecule has 0 amide bonds. The number of hydrogen-bond acceptors (Lipinski definition) is 3. The number of thiophene rings is 1. The quantitative estimate of drug-likeness (QED) is 0.500. The van der Waals surface area contributed by atoms with Crippen molar-refractivity contribution >= 4 is 37.4 Å². The van der Waals surface area contributed by atoms with Gasteiger partial charge in [0.15, 0.2) is 6.23 Å². The molecule has 0 aliphatic carbocycles. The van der Waals surface area contributed by atoms with Crippen LogP contribution in [-0.4, -0.2) is 24.2 Å². The Balaban J connectivity index is 1.78. The molecule has 0 saturated carbocycles. The third-order valence-electron chi connectivity index (χ3n) is 4.64. The summed E-state index contributed by atoms with van der Waals surface area (Å²) in [7, 11) is 0. The van der Waals surface area contributed by atoms with Gasteiger partial charge in [-0.05, 0) is 65.2 Å². The lowest BCUT2D eigenvalue weighted by Gasteiger charge is -2.34. The van der Waals surface area contributed by atoms with Gasteiger partial charge in [0.05, 0.1) is 4.70 Å². The van der Waals surface area contributed by atoms with Crippen LogP contribution in [0, 0.1) is 0 Å². The molecule has 1 saturated heterocycles. The number of nitrogens with zero attached hydrogens (tertiary/aromatic N) is 1. The number of ether oxygens (including phenoxy) is 1. The molecule has 1 aromatic carbocycles. The van der Waals surface area contributed by atoms with E-state index in [1.54, 1.807) is 11.3 Å². The minimum atomic E-state index is 0.228. The Morgan fingerprint density at radius 1 is 1.17 bits per heavy atom. The molecular formula is C19H26BrNOS. The summed E-state index contributed by atoms with van der Waals surface area (Å²) in [6.45, 7) is 4.63. The highest BCUT2D eigenvalue weighted by Gasteiger charge is 2.22. The number of piperidine rings is 1. The SMILES string of the molecule is CCCCCC(Oc1ccc(Br)c2sccc12)N1CCCCC1. The van der Waals surface area contributed by atoms with Gasteiger partial charge in [0, 0.05) is 22.9 Å². The molecule has 1 atom stereocenters. The van der Waals surface area contributed by atoms with Crippen LogP contribution in [0.3, 0.4) is 0 Å². The van der Waals surface area contributed by atoms with Gasteiger partial charge >= 0.3 is 0 Å². The molecule has 1 aliphatic rings. The number of halogens is 1. The second kappa shape index (κ2) is 8.50. The summed E-state index contributed by atoms with van der Waals surface area (Å²) in [6, 6.07) is 6.42. The van der Waals surface area contributed by atoms with E-state index in [4.69, 9.17) is 4.74 Å². The zero-order valence-corrected chi connectivity index (χ0v) is 16.3. The maximum atomic E-state index is 6.54. The lowest BCUT2D eigenvalue weighted by atomic mass is 10.1. The number of fused-ring (bicyclic) bond motifs is 1. The van der Waals surface area contributed by atoms with Crippen LogP contribution in [0.25, 0.3) is 10.1 Å². The molecule has 0 radical (unpaired) electrons. The molecule has 2 nitrogen and oxygen atoms in total. The van der Waals surface area contributed by atoms with Crippen molar-refractivity contribution in [1.29, 1.82) is 0 Å². The van der Waals surface area contributed by atoms with Crippen LogP contribution in [-0.2, 0) is 0 Å². The highest BCUT2D eigenvalue weighted by molar-refractivity contribution is 9.10. The normalized spacial score (nSPS) is 17.5. The first-order valence-electron chi connectivity index (χ1n) is 8.86. The molecule has 1 unspecified atom stereocenters. The minimum Gasteiger partial charge on any atom is -0.474 e. The molecule has 0 spiro atoms. The van der Waals surface area contributed by atoms with Crippen LogP contribution in [0.15, 0.2) is 28.1 Å². The van der Waals surface area contributed by atoms with Crippen molar-refractivity contribution in [2.45, 2.75) is 58.1 Å². The first kappa shape index (κ1) is 17.2. The summed E-state index contributed by atoms with van der Waals surface area (Å²) in [5, 5.41) is 3.39. The molecule has 23 heavy (non-hydrogen) atoms. The van der Waals surface area contributed by atoms with Crippen molar-refractivity contribution < 1.29 is 4.74 Å². The van der Waals surface area contributed by atoms with Gasteiger partial charge in [-0.25, -0.2) is 0 Å². The fourth-order valence-corrected chi connectivity index (χ4v) is 4.79. The number of likely N-dealkylation sites (tertiary alicyclic amines) is 1. The zero-order valence-electron chi connectivity index (χ0n) is 13.9. The fraction of sp³-hybridized carbons (Fsp3) is 0.579. The molecule has 1 fully saturated rings. The van der Waals surface area contributed by atoms with E-state index in [0.717, 1.165) is 16.6 Å². The lowest BCUT2D eigenvalue weighted by Crippen LogP contribution is -2.42. The van der Waals surface area contributed by atoms with Crippen LogP contribution in [0.1, 0.15) is 51.9 Å². The van der Waals surface area contributed by atoms with Gasteiger partial charge < -0.3 is 4.74 Å². The van der Waals surface area contributed by atoms with Crippen LogP contribution in [0.5, 0.6) is 5.75 Å². The summed E-state index contributed by atoms with van der Waals surface area (Å²) >= 11 is 5.42. The number of rotatable bonds is 7. The molecule has 2 heterocycles. The maximum Gasteiger partial charge on any atom is 0.152 e. The molecule has 4 heteroatoms. The second-order valence-corrected chi connectivity index (χ2v) is 8.14. The van der Waals surface area contributed by atoms with E-state index < -0.39 is 0 Å². The average molecular weight is 396 g/mol. The smallest absolute Gasteiger partial charge is 0.152 e. The lowest BCUT2D eigenvalue weighted by molar-refractivity contribution is 0.00583. The summed E-state index contributed by atoms with van der Waals surface area (Å²) in [4.78, 5) is 2.55. The highest BCUT2D eigenvalue weighted by Crippen LogP contribution is 2.36. The summed E-state index contributed by atoms with van der Waals surface area (Å²) in [5.74, 6) is 1.04. The summed E-state index contributed by atoms with van der Waals surface area (Å²) < 4.78 is 8.99. The average Bonchev–Trinajstić information content (AvgIpc) is 3.08. The predicted molar refractivity (Wildman–Crippen MR) is 104 cm³/mol. The van der Waals surface area contributed by atoms with Gasteiger partial charge in [0.25, 0.3) is 0 Å². The van der Waals surface area contributed by atoms with Gasteiger partial charge in [-0.1, -0.05) is 26.2 Å². The van der Waals surface area contributed by atoms with E-state index in [9.17, 15) is 0 Å². The molecule has 3 rings (SSSR count). The Labute approximate surface area is 152 Å². The molecule has 2 aromatic rings. The first-order valence-corrected chi connectivity index (χ1v) is 10.5. The minimum absolute atomic E-state index is 0.228. The summed E-state index contributed by atoms with van der Waals surface area (Å²) in [5.41, 5.74) is 0. The Morgan fingerprint density at radius 3 is 2.78 bits per heavy atom. The Morgan fingerprint density at radius 2 is 2.00 bits per heavy atom. The van der Waals surface area contributed by atoms with Crippen LogP contribution < -0.4 is 4.74 Å².